The molecule has 0 radical (unpaired) electrons. The SMILES string of the molecule is CCOCC(C)NS(=O)(=O)C(CC)C(N)=S. The maximum absolute atomic E-state index is 11.8. The van der Waals surface area contributed by atoms with E-state index in [0.29, 0.717) is 19.6 Å². The van der Waals surface area contributed by atoms with Gasteiger partial charge >= 0.3 is 0 Å². The Morgan fingerprint density at radius 2 is 2.06 bits per heavy atom. The monoisotopic (exact) mass is 268 g/mol. The predicted octanol–water partition coefficient (Wildman–Crippen LogP) is 0.396. The lowest BCUT2D eigenvalue weighted by molar-refractivity contribution is 0.133. The zero-order valence-corrected chi connectivity index (χ0v) is 11.5. The molecule has 0 heterocycles. The van der Waals surface area contributed by atoms with Crippen molar-refractivity contribution < 1.29 is 13.2 Å². The van der Waals surface area contributed by atoms with Crippen LogP contribution in [-0.4, -0.2) is 37.9 Å². The Labute approximate surface area is 103 Å². The minimum absolute atomic E-state index is 0.00129. The summed E-state index contributed by atoms with van der Waals surface area (Å²) in [7, 11) is -3.50. The van der Waals surface area contributed by atoms with Gasteiger partial charge in [0.05, 0.1) is 11.6 Å². The van der Waals surface area contributed by atoms with Gasteiger partial charge in [0, 0.05) is 12.6 Å². The molecule has 7 heteroatoms. The van der Waals surface area contributed by atoms with Crippen molar-refractivity contribution in [1.82, 2.24) is 4.72 Å². The van der Waals surface area contributed by atoms with E-state index in [4.69, 9.17) is 22.7 Å². The van der Waals surface area contributed by atoms with Crippen molar-refractivity contribution in [3.8, 4) is 0 Å². The van der Waals surface area contributed by atoms with E-state index in [1.807, 2.05) is 6.92 Å². The van der Waals surface area contributed by atoms with Crippen molar-refractivity contribution in [2.75, 3.05) is 13.2 Å². The molecule has 0 amide bonds. The lowest BCUT2D eigenvalue weighted by Gasteiger charge is -2.19. The second kappa shape index (κ2) is 7.16. The van der Waals surface area contributed by atoms with Crippen LogP contribution in [0.5, 0.6) is 0 Å². The Morgan fingerprint density at radius 1 is 1.50 bits per heavy atom. The first-order chi connectivity index (χ1) is 7.35. The summed E-state index contributed by atoms with van der Waals surface area (Å²) in [4.78, 5) is -0.00129. The normalized spacial score (nSPS) is 15.7. The molecule has 0 aliphatic carbocycles. The smallest absolute Gasteiger partial charge is 0.221 e. The molecule has 0 aromatic rings. The molecule has 0 saturated heterocycles. The molecule has 0 rings (SSSR count). The molecule has 0 aromatic heterocycles. The fourth-order valence-corrected chi connectivity index (χ4v) is 3.35. The molecule has 0 spiro atoms. The fraction of sp³-hybridized carbons (Fsp3) is 0.889. The van der Waals surface area contributed by atoms with Crippen LogP contribution < -0.4 is 10.5 Å². The fourth-order valence-electron chi connectivity index (χ4n) is 1.26. The number of thiocarbonyl (C=S) groups is 1. The van der Waals surface area contributed by atoms with Crippen molar-refractivity contribution in [2.45, 2.75) is 38.5 Å². The van der Waals surface area contributed by atoms with Crippen LogP contribution in [0.1, 0.15) is 27.2 Å². The molecule has 0 bridgehead atoms. The van der Waals surface area contributed by atoms with Crippen molar-refractivity contribution in [3.63, 3.8) is 0 Å². The van der Waals surface area contributed by atoms with E-state index >= 15 is 0 Å². The van der Waals surface area contributed by atoms with E-state index in [1.165, 1.54) is 0 Å². The highest BCUT2D eigenvalue weighted by Gasteiger charge is 2.27. The molecule has 3 N–H and O–H groups in total. The van der Waals surface area contributed by atoms with Crippen molar-refractivity contribution in [1.29, 1.82) is 0 Å². The number of nitrogens with one attached hydrogen (secondary N) is 1. The van der Waals surface area contributed by atoms with Gasteiger partial charge in [-0.3, -0.25) is 0 Å². The number of hydrogen-bond acceptors (Lipinski definition) is 4. The van der Waals surface area contributed by atoms with Gasteiger partial charge in [0.25, 0.3) is 0 Å². The number of sulfonamides is 1. The summed E-state index contributed by atoms with van der Waals surface area (Å²) in [6.07, 6.45) is 0.367. The molecular formula is C9H20N2O3S2. The van der Waals surface area contributed by atoms with Crippen LogP contribution in [0, 0.1) is 0 Å². The molecule has 0 aliphatic heterocycles. The van der Waals surface area contributed by atoms with E-state index in [1.54, 1.807) is 13.8 Å². The Morgan fingerprint density at radius 3 is 2.44 bits per heavy atom. The summed E-state index contributed by atoms with van der Waals surface area (Å²) >= 11 is 4.73. The van der Waals surface area contributed by atoms with Crippen LogP contribution in [0.3, 0.4) is 0 Å². The van der Waals surface area contributed by atoms with Crippen LogP contribution in [0.4, 0.5) is 0 Å². The maximum Gasteiger partial charge on any atom is 0.221 e. The van der Waals surface area contributed by atoms with Crippen molar-refractivity contribution in [3.05, 3.63) is 0 Å². The van der Waals surface area contributed by atoms with E-state index in [0.717, 1.165) is 0 Å². The summed E-state index contributed by atoms with van der Waals surface area (Å²) in [5, 5.41) is -0.813. The lowest BCUT2D eigenvalue weighted by Crippen LogP contribution is -2.46. The summed E-state index contributed by atoms with van der Waals surface area (Å²) in [6.45, 7) is 6.21. The molecule has 0 aromatic carbocycles. The molecule has 0 saturated carbocycles. The molecule has 0 fully saturated rings. The summed E-state index contributed by atoms with van der Waals surface area (Å²) in [5.74, 6) is 0. The van der Waals surface area contributed by atoms with Gasteiger partial charge in [-0.05, 0) is 20.3 Å². The van der Waals surface area contributed by atoms with Gasteiger partial charge in [-0.25, -0.2) is 13.1 Å². The maximum atomic E-state index is 11.8. The molecule has 0 aliphatic rings. The third kappa shape index (κ3) is 5.20. The number of rotatable bonds is 8. The lowest BCUT2D eigenvalue weighted by atomic mass is 10.3. The number of ether oxygens (including phenoxy) is 1. The van der Waals surface area contributed by atoms with Gasteiger partial charge < -0.3 is 10.5 Å². The minimum atomic E-state index is -3.50. The van der Waals surface area contributed by atoms with Gasteiger partial charge in [-0.15, -0.1) is 0 Å². The van der Waals surface area contributed by atoms with Gasteiger partial charge in [-0.1, -0.05) is 19.1 Å². The highest BCUT2D eigenvalue weighted by molar-refractivity contribution is 7.93. The van der Waals surface area contributed by atoms with E-state index in [2.05, 4.69) is 4.72 Å². The number of hydrogen-bond donors (Lipinski definition) is 2. The largest absolute Gasteiger partial charge is 0.392 e. The first kappa shape index (κ1) is 15.8. The summed E-state index contributed by atoms with van der Waals surface area (Å²) in [6, 6.07) is -0.284. The molecule has 5 nitrogen and oxygen atoms in total. The standard InChI is InChI=1S/C9H20N2O3S2/c1-4-8(9(10)15)16(12,13)11-7(3)6-14-5-2/h7-8,11H,4-6H2,1-3H3,(H2,10,15). The summed E-state index contributed by atoms with van der Waals surface area (Å²) < 4.78 is 31.3. The minimum Gasteiger partial charge on any atom is -0.392 e. The van der Waals surface area contributed by atoms with Gasteiger partial charge in [-0.2, -0.15) is 0 Å². The van der Waals surface area contributed by atoms with Crippen molar-refractivity contribution >= 4 is 27.2 Å². The Balaban J connectivity index is 4.49. The van der Waals surface area contributed by atoms with Crippen LogP contribution in [0.25, 0.3) is 0 Å². The molecule has 2 unspecified atom stereocenters. The van der Waals surface area contributed by atoms with E-state index in [-0.39, 0.29) is 11.0 Å². The van der Waals surface area contributed by atoms with Gasteiger partial charge in [0.15, 0.2) is 0 Å². The Hall–Kier alpha value is -0.240. The topological polar surface area (TPSA) is 81.4 Å². The summed E-state index contributed by atoms with van der Waals surface area (Å²) in [5.41, 5.74) is 5.39. The molecule has 16 heavy (non-hydrogen) atoms. The average molecular weight is 268 g/mol. The van der Waals surface area contributed by atoms with Crippen molar-refractivity contribution in [2.24, 2.45) is 5.73 Å². The van der Waals surface area contributed by atoms with Crippen LogP contribution in [0.2, 0.25) is 0 Å². The predicted molar refractivity (Wildman–Crippen MR) is 68.9 cm³/mol. The highest BCUT2D eigenvalue weighted by atomic mass is 32.2. The number of nitrogens with two attached hydrogens (primary N) is 1. The zero-order valence-electron chi connectivity index (χ0n) is 9.89. The third-order valence-electron chi connectivity index (χ3n) is 2.00. The quantitative estimate of drug-likeness (QED) is 0.623. The Bertz CT molecular complexity index is 317. The first-order valence-electron chi connectivity index (χ1n) is 5.23. The van der Waals surface area contributed by atoms with Gasteiger partial charge in [0.2, 0.25) is 10.0 Å². The molecule has 2 atom stereocenters. The molecule has 96 valence electrons. The van der Waals surface area contributed by atoms with Crippen LogP contribution in [0.15, 0.2) is 0 Å². The third-order valence-corrected chi connectivity index (χ3v) is 4.50. The van der Waals surface area contributed by atoms with Gasteiger partial charge in [0.1, 0.15) is 5.25 Å². The Kier molecular flexibility index (Phi) is 7.05. The van der Waals surface area contributed by atoms with Crippen LogP contribution in [-0.2, 0) is 14.8 Å². The first-order valence-corrected chi connectivity index (χ1v) is 7.18. The highest BCUT2D eigenvalue weighted by Crippen LogP contribution is 2.06. The van der Waals surface area contributed by atoms with Crippen LogP contribution >= 0.6 is 12.2 Å². The molecular weight excluding hydrogens is 248 g/mol. The van der Waals surface area contributed by atoms with E-state index in [9.17, 15) is 8.42 Å². The average Bonchev–Trinajstić information content (AvgIpc) is 2.13. The zero-order chi connectivity index (χ0) is 12.8. The van der Waals surface area contributed by atoms with E-state index < -0.39 is 15.3 Å². The second-order valence-corrected chi connectivity index (χ2v) is 5.89. The second-order valence-electron chi connectivity index (χ2n) is 3.52.